The minimum absolute atomic E-state index is 0.205. The lowest BCUT2D eigenvalue weighted by Gasteiger charge is -1.98. The largest absolute Gasteiger partial charge is 0.325 e. The fourth-order valence-electron chi connectivity index (χ4n) is 1.06. The molecule has 0 aliphatic heterocycles. The van der Waals surface area contributed by atoms with Crippen molar-refractivity contribution in [3.8, 4) is 11.5 Å². The van der Waals surface area contributed by atoms with Gasteiger partial charge in [0.05, 0.1) is 11.2 Å². The van der Waals surface area contributed by atoms with Crippen LogP contribution in [-0.2, 0) is 6.54 Å². The van der Waals surface area contributed by atoms with E-state index in [2.05, 4.69) is 15.0 Å². The molecule has 72 valence electrons. The minimum atomic E-state index is -0.205. The topological polar surface area (TPSA) is 84.7 Å². The lowest BCUT2D eigenvalue weighted by molar-refractivity contribution is 0.952. The van der Waals surface area contributed by atoms with E-state index < -0.39 is 0 Å². The number of aromatic amines is 1. The number of hydrogen-bond acceptors (Lipinski definition) is 5. The maximum absolute atomic E-state index is 11.2. The molecule has 0 fully saturated rings. The van der Waals surface area contributed by atoms with E-state index in [1.807, 2.05) is 5.38 Å². The molecule has 2 rings (SSSR count). The second-order valence-corrected chi connectivity index (χ2v) is 3.38. The van der Waals surface area contributed by atoms with Crippen LogP contribution in [0.25, 0.3) is 11.5 Å². The van der Waals surface area contributed by atoms with E-state index in [0.717, 1.165) is 0 Å². The van der Waals surface area contributed by atoms with E-state index in [1.165, 1.54) is 17.4 Å². The maximum atomic E-state index is 11.2. The average molecular weight is 208 g/mol. The highest BCUT2D eigenvalue weighted by atomic mass is 32.1. The number of rotatable bonds is 2. The number of nitrogens with two attached hydrogens (primary N) is 1. The van der Waals surface area contributed by atoms with Crippen LogP contribution in [0.5, 0.6) is 0 Å². The van der Waals surface area contributed by atoms with E-state index >= 15 is 0 Å². The van der Waals surface area contributed by atoms with Crippen LogP contribution in [0.3, 0.4) is 0 Å². The van der Waals surface area contributed by atoms with E-state index in [4.69, 9.17) is 5.73 Å². The summed E-state index contributed by atoms with van der Waals surface area (Å²) >= 11 is 1.45. The Morgan fingerprint density at radius 2 is 2.43 bits per heavy atom. The van der Waals surface area contributed by atoms with E-state index in [0.29, 0.717) is 17.2 Å². The van der Waals surface area contributed by atoms with E-state index in [-0.39, 0.29) is 12.1 Å². The van der Waals surface area contributed by atoms with Crippen LogP contribution >= 0.6 is 11.3 Å². The summed E-state index contributed by atoms with van der Waals surface area (Å²) in [5.41, 5.74) is 8.12. The van der Waals surface area contributed by atoms with Gasteiger partial charge in [-0.05, 0) is 0 Å². The first kappa shape index (κ1) is 9.04. The summed E-state index contributed by atoms with van der Waals surface area (Å²) in [6, 6.07) is 1.38. The summed E-state index contributed by atoms with van der Waals surface area (Å²) in [6.45, 7) is 0.251. The first-order valence-corrected chi connectivity index (χ1v) is 4.93. The molecule has 0 aliphatic rings. The second kappa shape index (κ2) is 3.69. The van der Waals surface area contributed by atoms with Crippen molar-refractivity contribution in [1.82, 2.24) is 15.0 Å². The highest BCUT2D eigenvalue weighted by Gasteiger charge is 2.04. The molecular formula is C8H8N4OS. The first-order chi connectivity index (χ1) is 6.79. The quantitative estimate of drug-likeness (QED) is 0.745. The van der Waals surface area contributed by atoms with Crippen molar-refractivity contribution in [1.29, 1.82) is 0 Å². The normalized spacial score (nSPS) is 10.4. The summed E-state index contributed by atoms with van der Waals surface area (Å²) in [7, 11) is 0. The summed E-state index contributed by atoms with van der Waals surface area (Å²) in [4.78, 5) is 22.0. The average Bonchev–Trinajstić information content (AvgIpc) is 2.69. The highest BCUT2D eigenvalue weighted by Crippen LogP contribution is 2.12. The smallest absolute Gasteiger partial charge is 0.251 e. The minimum Gasteiger partial charge on any atom is -0.325 e. The Bertz CT molecular complexity index is 476. The molecule has 0 amide bonds. The Kier molecular flexibility index (Phi) is 2.38. The Labute approximate surface area is 83.7 Å². The lowest BCUT2D eigenvalue weighted by atomic mass is 10.3. The van der Waals surface area contributed by atoms with Crippen LogP contribution in [0.1, 0.15) is 5.69 Å². The zero-order chi connectivity index (χ0) is 9.97. The molecule has 2 aromatic heterocycles. The van der Waals surface area contributed by atoms with Crippen molar-refractivity contribution in [2.45, 2.75) is 6.54 Å². The van der Waals surface area contributed by atoms with Gasteiger partial charge in [-0.15, -0.1) is 11.3 Å². The third-order valence-electron chi connectivity index (χ3n) is 1.68. The van der Waals surface area contributed by atoms with Gasteiger partial charge in [-0.2, -0.15) is 0 Å². The fraction of sp³-hybridized carbons (Fsp3) is 0.125. The molecule has 0 atom stereocenters. The van der Waals surface area contributed by atoms with E-state index in [9.17, 15) is 4.79 Å². The molecule has 2 aromatic rings. The molecule has 0 bridgehead atoms. The zero-order valence-corrected chi connectivity index (χ0v) is 8.04. The molecule has 0 spiro atoms. The maximum Gasteiger partial charge on any atom is 0.251 e. The molecule has 0 aliphatic carbocycles. The van der Waals surface area contributed by atoms with Gasteiger partial charge in [-0.3, -0.25) is 4.79 Å². The number of hydrogen-bond donors (Lipinski definition) is 2. The van der Waals surface area contributed by atoms with Crippen molar-refractivity contribution in [3.63, 3.8) is 0 Å². The third-order valence-corrected chi connectivity index (χ3v) is 2.27. The second-order valence-electron chi connectivity index (χ2n) is 2.66. The molecule has 0 saturated heterocycles. The molecule has 6 heteroatoms. The van der Waals surface area contributed by atoms with E-state index in [1.54, 1.807) is 5.51 Å². The van der Waals surface area contributed by atoms with Gasteiger partial charge in [0.2, 0.25) is 0 Å². The Morgan fingerprint density at radius 3 is 3.07 bits per heavy atom. The zero-order valence-electron chi connectivity index (χ0n) is 7.23. The van der Waals surface area contributed by atoms with Gasteiger partial charge < -0.3 is 10.7 Å². The summed E-state index contributed by atoms with van der Waals surface area (Å²) in [6.07, 6.45) is 0. The summed E-state index contributed by atoms with van der Waals surface area (Å²) in [5, 5.41) is 1.82. The fourth-order valence-corrected chi connectivity index (χ4v) is 1.60. The van der Waals surface area contributed by atoms with Gasteiger partial charge in [0.1, 0.15) is 5.69 Å². The Morgan fingerprint density at radius 1 is 1.57 bits per heavy atom. The van der Waals surface area contributed by atoms with Crippen LogP contribution in [0, 0.1) is 0 Å². The molecule has 2 heterocycles. The standard InChI is InChI=1S/C8H8N4OS/c9-2-5-1-7(13)12-8(11-5)6-3-14-4-10-6/h1,3-4H,2,9H2,(H,11,12,13). The van der Waals surface area contributed by atoms with Crippen molar-refractivity contribution in [2.24, 2.45) is 5.73 Å². The van der Waals surface area contributed by atoms with Crippen molar-refractivity contribution in [3.05, 3.63) is 33.0 Å². The van der Waals surface area contributed by atoms with Gasteiger partial charge in [0.15, 0.2) is 5.82 Å². The van der Waals surface area contributed by atoms with Gasteiger partial charge in [0, 0.05) is 18.0 Å². The van der Waals surface area contributed by atoms with Gasteiger partial charge in [-0.25, -0.2) is 9.97 Å². The number of aromatic nitrogens is 3. The summed E-state index contributed by atoms with van der Waals surface area (Å²) < 4.78 is 0. The molecule has 3 N–H and O–H groups in total. The third kappa shape index (κ3) is 1.70. The van der Waals surface area contributed by atoms with Crippen LogP contribution < -0.4 is 11.3 Å². The van der Waals surface area contributed by atoms with Crippen LogP contribution in [0.2, 0.25) is 0 Å². The van der Waals surface area contributed by atoms with Crippen LogP contribution in [0.4, 0.5) is 0 Å². The lowest BCUT2D eigenvalue weighted by Crippen LogP contribution is -2.12. The number of nitrogens with one attached hydrogen (secondary N) is 1. The number of nitrogens with zero attached hydrogens (tertiary/aromatic N) is 2. The van der Waals surface area contributed by atoms with Gasteiger partial charge >= 0.3 is 0 Å². The van der Waals surface area contributed by atoms with Crippen molar-refractivity contribution >= 4 is 11.3 Å². The highest BCUT2D eigenvalue weighted by molar-refractivity contribution is 7.07. The first-order valence-electron chi connectivity index (χ1n) is 3.98. The molecule has 0 unspecified atom stereocenters. The molecule has 5 nitrogen and oxygen atoms in total. The monoisotopic (exact) mass is 208 g/mol. The predicted molar refractivity (Wildman–Crippen MR) is 53.9 cm³/mol. The van der Waals surface area contributed by atoms with Crippen LogP contribution in [0.15, 0.2) is 21.8 Å². The number of H-pyrrole nitrogens is 1. The number of thiazole rings is 1. The molecular weight excluding hydrogens is 200 g/mol. The van der Waals surface area contributed by atoms with Crippen molar-refractivity contribution < 1.29 is 0 Å². The van der Waals surface area contributed by atoms with Gasteiger partial charge in [-0.1, -0.05) is 0 Å². The van der Waals surface area contributed by atoms with Crippen LogP contribution in [-0.4, -0.2) is 15.0 Å². The molecule has 14 heavy (non-hydrogen) atoms. The Balaban J connectivity index is 2.54. The van der Waals surface area contributed by atoms with Crippen molar-refractivity contribution in [2.75, 3.05) is 0 Å². The predicted octanol–water partition coefficient (Wildman–Crippen LogP) is 0.352. The molecule has 0 saturated carbocycles. The SMILES string of the molecule is NCc1cc(=O)[nH]c(-c2cscn2)n1. The molecule has 0 radical (unpaired) electrons. The molecule has 0 aromatic carbocycles. The Hall–Kier alpha value is -1.53. The van der Waals surface area contributed by atoms with Gasteiger partial charge in [0.25, 0.3) is 5.56 Å². The summed E-state index contributed by atoms with van der Waals surface area (Å²) in [5.74, 6) is 0.471.